The van der Waals surface area contributed by atoms with E-state index in [1.165, 1.54) is 34.4 Å². The Morgan fingerprint density at radius 1 is 1.31 bits per heavy atom. The van der Waals surface area contributed by atoms with Gasteiger partial charge < -0.3 is 4.90 Å². The van der Waals surface area contributed by atoms with E-state index >= 15 is 0 Å². The lowest BCUT2D eigenvalue weighted by molar-refractivity contribution is 0.0786. The molecule has 2 aromatic rings. The van der Waals surface area contributed by atoms with Crippen molar-refractivity contribution >= 4 is 54.8 Å². The molecule has 1 aromatic carbocycles. The smallest absolute Gasteiger partial charge is 0.253 e. The second-order valence-corrected chi connectivity index (χ2v) is 10.9. The second-order valence-electron chi connectivity index (χ2n) is 6.89. The van der Waals surface area contributed by atoms with E-state index in [0.717, 1.165) is 9.35 Å². The molecule has 26 heavy (non-hydrogen) atoms. The first kappa shape index (κ1) is 21.4. The molecule has 1 amide bonds. The van der Waals surface area contributed by atoms with Gasteiger partial charge in [-0.25, -0.2) is 13.1 Å². The fourth-order valence-electron chi connectivity index (χ4n) is 2.26. The van der Waals surface area contributed by atoms with Gasteiger partial charge >= 0.3 is 0 Å². The van der Waals surface area contributed by atoms with Crippen molar-refractivity contribution in [2.45, 2.75) is 37.8 Å². The lowest BCUT2D eigenvalue weighted by Crippen LogP contribution is -2.40. The molecular formula is C17H20BrClN2O3S2. The fraction of sp³-hybridized carbons (Fsp3) is 0.353. The minimum atomic E-state index is -3.84. The van der Waals surface area contributed by atoms with Gasteiger partial charge in [0.25, 0.3) is 5.91 Å². The van der Waals surface area contributed by atoms with Crippen molar-refractivity contribution in [1.82, 2.24) is 9.62 Å². The SMILES string of the molecule is CN(Cc1cc(Br)cs1)C(=O)c1ccc(Cl)c(S(=O)(=O)NC(C)(C)C)c1. The van der Waals surface area contributed by atoms with Gasteiger partial charge in [0, 0.05) is 32.9 Å². The van der Waals surface area contributed by atoms with Crippen LogP contribution in [-0.2, 0) is 16.6 Å². The highest BCUT2D eigenvalue weighted by atomic mass is 79.9. The highest BCUT2D eigenvalue weighted by molar-refractivity contribution is 9.10. The Hall–Kier alpha value is -0.930. The van der Waals surface area contributed by atoms with Crippen molar-refractivity contribution in [2.75, 3.05) is 7.05 Å². The van der Waals surface area contributed by atoms with Crippen LogP contribution in [0.1, 0.15) is 36.0 Å². The average molecular weight is 480 g/mol. The molecule has 0 atom stereocenters. The lowest BCUT2D eigenvalue weighted by Gasteiger charge is -2.21. The number of hydrogen-bond acceptors (Lipinski definition) is 4. The Labute approximate surface area is 171 Å². The molecule has 0 saturated heterocycles. The summed E-state index contributed by atoms with van der Waals surface area (Å²) in [5.74, 6) is -0.279. The molecule has 0 aliphatic heterocycles. The summed E-state index contributed by atoms with van der Waals surface area (Å²) in [6.07, 6.45) is 0. The normalized spacial score (nSPS) is 12.2. The third-order valence-corrected chi connectivity index (χ3v) is 7.19. The van der Waals surface area contributed by atoms with Gasteiger partial charge in [0.05, 0.1) is 11.6 Å². The van der Waals surface area contributed by atoms with Crippen molar-refractivity contribution in [3.05, 3.63) is 49.6 Å². The van der Waals surface area contributed by atoms with Gasteiger partial charge in [-0.1, -0.05) is 11.6 Å². The van der Waals surface area contributed by atoms with Crippen LogP contribution < -0.4 is 4.72 Å². The van der Waals surface area contributed by atoms with Gasteiger partial charge in [-0.3, -0.25) is 4.79 Å². The molecule has 142 valence electrons. The summed E-state index contributed by atoms with van der Waals surface area (Å²) in [6.45, 7) is 5.64. The zero-order chi connectivity index (χ0) is 19.7. The van der Waals surface area contributed by atoms with Crippen molar-refractivity contribution in [2.24, 2.45) is 0 Å². The molecule has 0 unspecified atom stereocenters. The largest absolute Gasteiger partial charge is 0.337 e. The third-order valence-electron chi connectivity index (χ3n) is 3.27. The number of benzene rings is 1. The monoisotopic (exact) mass is 478 g/mol. The molecular weight excluding hydrogens is 460 g/mol. The van der Waals surface area contributed by atoms with Crippen LogP contribution in [0.2, 0.25) is 5.02 Å². The molecule has 0 saturated carbocycles. The van der Waals surface area contributed by atoms with Crippen LogP contribution in [-0.4, -0.2) is 31.8 Å². The predicted octanol–water partition coefficient (Wildman–Crippen LogP) is 4.51. The summed E-state index contributed by atoms with van der Waals surface area (Å²) in [7, 11) is -2.17. The van der Waals surface area contributed by atoms with E-state index < -0.39 is 15.6 Å². The minimum absolute atomic E-state index is 0.0724. The fourth-order valence-corrected chi connectivity index (χ4v) is 5.71. The van der Waals surface area contributed by atoms with Crippen molar-refractivity contribution < 1.29 is 13.2 Å². The average Bonchev–Trinajstić information content (AvgIpc) is 2.89. The van der Waals surface area contributed by atoms with Gasteiger partial charge in [0.2, 0.25) is 10.0 Å². The number of nitrogens with one attached hydrogen (secondary N) is 1. The Kier molecular flexibility index (Phi) is 6.56. The maximum absolute atomic E-state index is 12.7. The van der Waals surface area contributed by atoms with Crippen molar-refractivity contribution in [3.8, 4) is 0 Å². The number of amides is 1. The van der Waals surface area contributed by atoms with Crippen LogP contribution in [0.5, 0.6) is 0 Å². The van der Waals surface area contributed by atoms with Crippen LogP contribution in [0.3, 0.4) is 0 Å². The highest BCUT2D eigenvalue weighted by Gasteiger charge is 2.26. The van der Waals surface area contributed by atoms with Crippen molar-refractivity contribution in [3.63, 3.8) is 0 Å². The molecule has 5 nitrogen and oxygen atoms in total. The molecule has 1 aromatic heterocycles. The van der Waals surface area contributed by atoms with Gasteiger partial charge in [-0.2, -0.15) is 0 Å². The molecule has 0 fully saturated rings. The van der Waals surface area contributed by atoms with Crippen LogP contribution >= 0.6 is 38.9 Å². The zero-order valence-electron chi connectivity index (χ0n) is 14.8. The van der Waals surface area contributed by atoms with Crippen LogP contribution in [0.4, 0.5) is 0 Å². The molecule has 0 radical (unpaired) electrons. The Bertz CT molecular complexity index is 920. The van der Waals surface area contributed by atoms with Gasteiger partial charge in [0.1, 0.15) is 4.90 Å². The maximum atomic E-state index is 12.7. The first-order valence-corrected chi connectivity index (χ1v) is 11.2. The molecule has 1 heterocycles. The summed E-state index contributed by atoms with van der Waals surface area (Å²) >= 11 is 11.0. The van der Waals surface area contributed by atoms with E-state index in [4.69, 9.17) is 11.6 Å². The van der Waals surface area contributed by atoms with Gasteiger partial charge in [-0.05, 0) is 61.0 Å². The molecule has 0 spiro atoms. The first-order chi connectivity index (χ1) is 11.9. The van der Waals surface area contributed by atoms with E-state index in [0.29, 0.717) is 6.54 Å². The van der Waals surface area contributed by atoms with Crippen LogP contribution in [0.25, 0.3) is 0 Å². The topological polar surface area (TPSA) is 66.5 Å². The highest BCUT2D eigenvalue weighted by Crippen LogP contribution is 2.25. The zero-order valence-corrected chi connectivity index (χ0v) is 18.8. The number of rotatable bonds is 5. The van der Waals surface area contributed by atoms with Crippen molar-refractivity contribution in [1.29, 1.82) is 0 Å². The summed E-state index contributed by atoms with van der Waals surface area (Å²) < 4.78 is 28.7. The van der Waals surface area contributed by atoms with E-state index in [1.807, 2.05) is 11.4 Å². The van der Waals surface area contributed by atoms with Crippen LogP contribution in [0.15, 0.2) is 39.0 Å². The quantitative estimate of drug-likeness (QED) is 0.686. The third kappa shape index (κ3) is 5.53. The van der Waals surface area contributed by atoms with E-state index in [-0.39, 0.29) is 21.4 Å². The number of halogens is 2. The predicted molar refractivity (Wildman–Crippen MR) is 109 cm³/mol. The molecule has 0 aliphatic carbocycles. The lowest BCUT2D eigenvalue weighted by atomic mass is 10.1. The van der Waals surface area contributed by atoms with E-state index in [1.54, 1.807) is 27.8 Å². The van der Waals surface area contributed by atoms with Gasteiger partial charge in [-0.15, -0.1) is 11.3 Å². The number of thiophene rings is 1. The Balaban J connectivity index is 2.29. The Morgan fingerprint density at radius 2 is 1.96 bits per heavy atom. The summed E-state index contributed by atoms with van der Waals surface area (Å²) in [5.41, 5.74) is -0.396. The molecule has 9 heteroatoms. The van der Waals surface area contributed by atoms with E-state index in [2.05, 4.69) is 20.7 Å². The Morgan fingerprint density at radius 3 is 2.50 bits per heavy atom. The molecule has 0 aliphatic rings. The summed E-state index contributed by atoms with van der Waals surface area (Å²) in [6, 6.07) is 6.22. The molecule has 2 rings (SSSR count). The maximum Gasteiger partial charge on any atom is 0.253 e. The number of carbonyl (C=O) groups excluding carboxylic acids is 1. The number of nitrogens with zero attached hydrogens (tertiary/aromatic N) is 1. The van der Waals surface area contributed by atoms with E-state index in [9.17, 15) is 13.2 Å². The number of sulfonamides is 1. The summed E-state index contributed by atoms with van der Waals surface area (Å²) in [4.78, 5) is 15.1. The molecule has 1 N–H and O–H groups in total. The number of hydrogen-bond donors (Lipinski definition) is 1. The standard InChI is InChI=1S/C17H20BrClN2O3S2/c1-17(2,3)20-26(23,24)15-7-11(5-6-14(15)19)16(22)21(4)9-13-8-12(18)10-25-13/h5-8,10,20H,9H2,1-4H3. The van der Waals surface area contributed by atoms with Crippen LogP contribution in [0, 0.1) is 0 Å². The first-order valence-electron chi connectivity index (χ1n) is 7.71. The second kappa shape index (κ2) is 7.98. The van der Waals surface area contributed by atoms with Gasteiger partial charge in [0.15, 0.2) is 0 Å². The summed E-state index contributed by atoms with van der Waals surface area (Å²) in [5, 5.41) is 2.02. The minimum Gasteiger partial charge on any atom is -0.337 e. The number of carbonyl (C=O) groups is 1. The molecule has 0 bridgehead atoms.